The summed E-state index contributed by atoms with van der Waals surface area (Å²) in [4.78, 5) is 43.1. The molecule has 0 bridgehead atoms. The van der Waals surface area contributed by atoms with Crippen molar-refractivity contribution in [2.45, 2.75) is 24.4 Å². The summed E-state index contributed by atoms with van der Waals surface area (Å²) in [5, 5.41) is 9.75. The molecule has 9 heteroatoms. The number of ether oxygens (including phenoxy) is 4. The molecule has 4 atom stereocenters. The fourth-order valence-corrected chi connectivity index (χ4v) is 4.28. The van der Waals surface area contributed by atoms with E-state index in [0.717, 1.165) is 0 Å². The van der Waals surface area contributed by atoms with Crippen molar-refractivity contribution in [1.29, 1.82) is 0 Å². The fraction of sp³-hybridized carbons (Fsp3) is 0.161. The highest BCUT2D eigenvalue weighted by molar-refractivity contribution is 5.91. The average Bonchev–Trinajstić information content (AvgIpc) is 3.33. The van der Waals surface area contributed by atoms with Gasteiger partial charge in [0.05, 0.1) is 28.6 Å². The Kier molecular flexibility index (Phi) is 8.13. The molecule has 1 fully saturated rings. The maximum atomic E-state index is 13.1. The van der Waals surface area contributed by atoms with Crippen LogP contribution in [0.4, 0.5) is 0 Å². The minimum atomic E-state index is -1.16. The predicted octanol–water partition coefficient (Wildman–Crippen LogP) is 4.54. The van der Waals surface area contributed by atoms with Crippen molar-refractivity contribution >= 4 is 17.9 Å². The Morgan fingerprint density at radius 3 is 1.68 bits per heavy atom. The predicted molar refractivity (Wildman–Crippen MR) is 142 cm³/mol. The Bertz CT molecular complexity index is 1450. The first-order valence-corrected chi connectivity index (χ1v) is 12.5. The zero-order valence-corrected chi connectivity index (χ0v) is 21.2. The molecule has 0 aliphatic carbocycles. The highest BCUT2D eigenvalue weighted by atomic mass is 16.6. The molecule has 0 unspecified atom stereocenters. The van der Waals surface area contributed by atoms with Gasteiger partial charge in [-0.2, -0.15) is 0 Å². The first kappa shape index (κ1) is 26.6. The molecule has 202 valence electrons. The van der Waals surface area contributed by atoms with Gasteiger partial charge in [-0.25, -0.2) is 14.4 Å². The number of carbonyl (C=O) groups excluding carboxylic acids is 3. The van der Waals surface area contributed by atoms with Gasteiger partial charge < -0.3 is 24.1 Å². The number of esters is 3. The molecule has 40 heavy (non-hydrogen) atoms. The quantitative estimate of drug-likeness (QED) is 0.254. The molecule has 3 aromatic carbocycles. The van der Waals surface area contributed by atoms with Crippen LogP contribution in [-0.4, -0.2) is 52.9 Å². The van der Waals surface area contributed by atoms with Crippen LogP contribution in [0.25, 0.3) is 0 Å². The molecule has 0 amide bonds. The van der Waals surface area contributed by atoms with Crippen LogP contribution in [0.3, 0.4) is 0 Å². The second kappa shape index (κ2) is 12.2. The van der Waals surface area contributed by atoms with Crippen molar-refractivity contribution in [3.05, 3.63) is 132 Å². The lowest BCUT2D eigenvalue weighted by molar-refractivity contribution is -0.0452. The van der Waals surface area contributed by atoms with E-state index in [9.17, 15) is 19.5 Å². The Balaban J connectivity index is 1.46. The van der Waals surface area contributed by atoms with Crippen LogP contribution < -0.4 is 0 Å². The van der Waals surface area contributed by atoms with Gasteiger partial charge in [-0.3, -0.25) is 4.98 Å². The number of hydrogen-bond acceptors (Lipinski definition) is 9. The summed E-state index contributed by atoms with van der Waals surface area (Å²) >= 11 is 0. The maximum Gasteiger partial charge on any atom is 0.338 e. The van der Waals surface area contributed by atoms with Crippen molar-refractivity contribution < 1.29 is 38.4 Å². The van der Waals surface area contributed by atoms with Gasteiger partial charge in [-0.05, 0) is 48.5 Å². The topological polar surface area (TPSA) is 121 Å². The van der Waals surface area contributed by atoms with Crippen molar-refractivity contribution in [3.8, 4) is 5.75 Å². The third kappa shape index (κ3) is 6.16. The Morgan fingerprint density at radius 2 is 1.18 bits per heavy atom. The Labute approximate surface area is 229 Å². The lowest BCUT2D eigenvalue weighted by Gasteiger charge is -2.24. The molecule has 4 aromatic rings. The summed E-state index contributed by atoms with van der Waals surface area (Å²) in [5.41, 5.74) is 1.22. The Morgan fingerprint density at radius 1 is 0.675 bits per heavy atom. The van der Waals surface area contributed by atoms with E-state index in [-0.39, 0.29) is 23.5 Å². The molecule has 0 spiro atoms. The molecular weight excluding hydrogens is 514 g/mol. The van der Waals surface area contributed by atoms with E-state index in [1.54, 1.807) is 91.0 Å². The standard InChI is InChI=1S/C31H25NO8/c33-23-16-17-24(32-18-23)26-28(40-31(36)22-14-8-3-9-15-22)27(39-30(35)21-12-6-2-7-13-21)25(38-26)19-37-29(34)20-10-4-1-5-11-20/h1-18,25-28,33H,19H2/t25-,26+,27-,28+/m1/s1. The largest absolute Gasteiger partial charge is 0.506 e. The summed E-state index contributed by atoms with van der Waals surface area (Å²) in [5.74, 6) is -2.00. The van der Waals surface area contributed by atoms with Gasteiger partial charge in [0.25, 0.3) is 0 Å². The number of aromatic hydroxyl groups is 1. The first-order chi connectivity index (χ1) is 19.5. The van der Waals surface area contributed by atoms with Gasteiger partial charge >= 0.3 is 17.9 Å². The van der Waals surface area contributed by atoms with E-state index in [1.165, 1.54) is 18.3 Å². The summed E-state index contributed by atoms with van der Waals surface area (Å²) in [6.45, 7) is -0.297. The van der Waals surface area contributed by atoms with Crippen molar-refractivity contribution in [1.82, 2.24) is 4.98 Å². The van der Waals surface area contributed by atoms with Crippen LogP contribution in [0.2, 0.25) is 0 Å². The third-order valence-electron chi connectivity index (χ3n) is 6.27. The van der Waals surface area contributed by atoms with E-state index < -0.39 is 42.3 Å². The number of benzene rings is 3. The number of aromatic nitrogens is 1. The zero-order valence-electron chi connectivity index (χ0n) is 21.2. The number of hydrogen-bond donors (Lipinski definition) is 1. The smallest absolute Gasteiger partial charge is 0.338 e. The molecule has 1 aromatic heterocycles. The summed E-state index contributed by atoms with van der Waals surface area (Å²) in [7, 11) is 0. The molecule has 1 aliphatic rings. The number of pyridine rings is 1. The van der Waals surface area contributed by atoms with Gasteiger partial charge in [-0.1, -0.05) is 54.6 Å². The van der Waals surface area contributed by atoms with Gasteiger partial charge in [0.15, 0.2) is 12.2 Å². The fourth-order valence-electron chi connectivity index (χ4n) is 4.28. The molecule has 1 aliphatic heterocycles. The van der Waals surface area contributed by atoms with Crippen LogP contribution >= 0.6 is 0 Å². The van der Waals surface area contributed by atoms with Crippen molar-refractivity contribution in [3.63, 3.8) is 0 Å². The monoisotopic (exact) mass is 539 g/mol. The normalized spacial score (nSPS) is 19.9. The first-order valence-electron chi connectivity index (χ1n) is 12.5. The van der Waals surface area contributed by atoms with E-state index in [4.69, 9.17) is 18.9 Å². The Hall–Kier alpha value is -5.02. The van der Waals surface area contributed by atoms with Gasteiger partial charge in [0.2, 0.25) is 0 Å². The average molecular weight is 540 g/mol. The van der Waals surface area contributed by atoms with Gasteiger partial charge in [0.1, 0.15) is 24.6 Å². The van der Waals surface area contributed by atoms with E-state index >= 15 is 0 Å². The van der Waals surface area contributed by atoms with E-state index in [2.05, 4.69) is 4.98 Å². The van der Waals surface area contributed by atoms with E-state index in [1.807, 2.05) is 0 Å². The van der Waals surface area contributed by atoms with Crippen molar-refractivity contribution in [2.24, 2.45) is 0 Å². The minimum Gasteiger partial charge on any atom is -0.506 e. The molecule has 0 saturated carbocycles. The van der Waals surface area contributed by atoms with Crippen LogP contribution in [0.5, 0.6) is 5.75 Å². The molecule has 9 nitrogen and oxygen atoms in total. The molecule has 1 saturated heterocycles. The molecular formula is C31H25NO8. The number of rotatable bonds is 8. The maximum absolute atomic E-state index is 13.1. The molecule has 2 heterocycles. The second-order valence-corrected chi connectivity index (χ2v) is 8.97. The molecule has 5 rings (SSSR count). The second-order valence-electron chi connectivity index (χ2n) is 8.97. The highest BCUT2D eigenvalue weighted by Crippen LogP contribution is 2.38. The van der Waals surface area contributed by atoms with Crippen LogP contribution in [0.15, 0.2) is 109 Å². The highest BCUT2D eigenvalue weighted by Gasteiger charge is 2.51. The van der Waals surface area contributed by atoms with Gasteiger partial charge in [-0.15, -0.1) is 0 Å². The van der Waals surface area contributed by atoms with Crippen LogP contribution in [-0.2, 0) is 18.9 Å². The summed E-state index contributed by atoms with van der Waals surface area (Å²) < 4.78 is 23.5. The molecule has 0 radical (unpaired) electrons. The lowest BCUT2D eigenvalue weighted by atomic mass is 10.0. The third-order valence-corrected chi connectivity index (χ3v) is 6.27. The van der Waals surface area contributed by atoms with Crippen LogP contribution in [0, 0.1) is 0 Å². The minimum absolute atomic E-state index is 0.0695. The number of carbonyl (C=O) groups is 3. The SMILES string of the molecule is O=C(OC[C@H]1O[C@@H](c2ccc(O)cn2)[C@H](OC(=O)c2ccccc2)[C@@H]1OC(=O)c1ccccc1)c1ccccc1. The zero-order chi connectivity index (χ0) is 27.9. The van der Waals surface area contributed by atoms with Gasteiger partial charge in [0, 0.05) is 0 Å². The van der Waals surface area contributed by atoms with Crippen LogP contribution in [0.1, 0.15) is 42.9 Å². The lowest BCUT2D eigenvalue weighted by Crippen LogP contribution is -2.40. The number of nitrogens with zero attached hydrogens (tertiary/aromatic N) is 1. The molecule has 1 N–H and O–H groups in total. The summed E-state index contributed by atoms with van der Waals surface area (Å²) in [6, 6.07) is 28.0. The van der Waals surface area contributed by atoms with E-state index in [0.29, 0.717) is 11.3 Å². The summed E-state index contributed by atoms with van der Waals surface area (Å²) in [6.07, 6.45) is -3.10. The van der Waals surface area contributed by atoms with Crippen molar-refractivity contribution in [2.75, 3.05) is 6.61 Å².